The molecule has 1 fully saturated rings. The van der Waals surface area contributed by atoms with Crippen LogP contribution < -0.4 is 0 Å². The number of hydrogen-bond acceptors (Lipinski definition) is 4. The van der Waals surface area contributed by atoms with E-state index in [2.05, 4.69) is 0 Å². The average Bonchev–Trinajstić information content (AvgIpc) is 2.19. The maximum atomic E-state index is 10.7. The largest absolute Gasteiger partial charge is 0.480 e. The highest BCUT2D eigenvalue weighted by atomic mass is 16.4. The lowest BCUT2D eigenvalue weighted by molar-refractivity contribution is -0.167. The maximum absolute atomic E-state index is 10.7. The molecule has 6 nitrogen and oxygen atoms in total. The quantitative estimate of drug-likeness (QED) is 0.466. The summed E-state index contributed by atoms with van der Waals surface area (Å²) in [5.41, 5.74) is -1.49. The van der Waals surface area contributed by atoms with Gasteiger partial charge in [-0.3, -0.25) is 9.59 Å². The lowest BCUT2D eigenvalue weighted by atomic mass is 9.74. The topological polar surface area (TPSA) is 119 Å². The molecule has 1 aliphatic carbocycles. The van der Waals surface area contributed by atoms with E-state index in [9.17, 15) is 9.59 Å². The van der Waals surface area contributed by atoms with Crippen LogP contribution in [0.2, 0.25) is 0 Å². The van der Waals surface area contributed by atoms with Gasteiger partial charge in [-0.2, -0.15) is 5.26 Å². The first-order chi connectivity index (χ1) is 7.01. The molecule has 84 valence electrons. The minimum atomic E-state index is -1.49. The summed E-state index contributed by atoms with van der Waals surface area (Å²) in [5, 5.41) is 31.3. The molecule has 15 heavy (non-hydrogen) atoms. The molecular weight excluding hydrogens is 202 g/mol. The molecule has 0 amide bonds. The van der Waals surface area contributed by atoms with Gasteiger partial charge in [0.2, 0.25) is 0 Å². The van der Waals surface area contributed by atoms with E-state index in [0.29, 0.717) is 12.8 Å². The Morgan fingerprint density at radius 2 is 1.40 bits per heavy atom. The van der Waals surface area contributed by atoms with Gasteiger partial charge in [0, 0.05) is 0 Å². The van der Waals surface area contributed by atoms with Crippen molar-refractivity contribution in [1.29, 1.82) is 5.26 Å². The van der Waals surface area contributed by atoms with Crippen LogP contribution in [0.3, 0.4) is 0 Å². The van der Waals surface area contributed by atoms with Gasteiger partial charge in [-0.05, 0) is 12.8 Å². The number of carboxylic acid groups (broad SMARTS) is 2. The van der Waals surface area contributed by atoms with Crippen LogP contribution in [-0.4, -0.2) is 27.3 Å². The van der Waals surface area contributed by atoms with Crippen molar-refractivity contribution in [2.75, 3.05) is 0 Å². The van der Waals surface area contributed by atoms with Crippen molar-refractivity contribution in [2.24, 2.45) is 5.41 Å². The average molecular weight is 215 g/mol. The van der Waals surface area contributed by atoms with Gasteiger partial charge in [-0.25, -0.2) is 0 Å². The second-order valence-electron chi connectivity index (χ2n) is 3.35. The molecule has 0 aromatic carbocycles. The molecular formula is C9H13NO5. The fourth-order valence-corrected chi connectivity index (χ4v) is 1.67. The van der Waals surface area contributed by atoms with Crippen LogP contribution in [0.25, 0.3) is 0 Å². The Morgan fingerprint density at radius 1 is 1.07 bits per heavy atom. The number of carbonyl (C=O) groups is 2. The Morgan fingerprint density at radius 3 is 1.60 bits per heavy atom. The van der Waals surface area contributed by atoms with Gasteiger partial charge in [0.15, 0.2) is 5.41 Å². The van der Waals surface area contributed by atoms with Crippen molar-refractivity contribution in [3.63, 3.8) is 0 Å². The van der Waals surface area contributed by atoms with Crippen molar-refractivity contribution in [1.82, 2.24) is 0 Å². The third-order valence-electron chi connectivity index (χ3n) is 2.53. The summed E-state index contributed by atoms with van der Waals surface area (Å²) < 4.78 is 0. The predicted molar refractivity (Wildman–Crippen MR) is 48.3 cm³/mol. The molecule has 0 spiro atoms. The Hall–Kier alpha value is -1.77. The Labute approximate surface area is 86.8 Å². The number of hydrogen-bond donors (Lipinski definition) is 3. The molecule has 0 atom stereocenters. The summed E-state index contributed by atoms with van der Waals surface area (Å²) in [6.45, 7) is 0. The van der Waals surface area contributed by atoms with E-state index >= 15 is 0 Å². The monoisotopic (exact) mass is 215 g/mol. The number of nitriles is 1. The molecule has 1 saturated carbocycles. The summed E-state index contributed by atoms with van der Waals surface area (Å²) >= 11 is 0. The summed E-state index contributed by atoms with van der Waals surface area (Å²) in [5.74, 6) is -2.37. The highest BCUT2D eigenvalue weighted by molar-refractivity contribution is 5.98. The number of aliphatic hydroxyl groups excluding tert-OH is 1. The van der Waals surface area contributed by atoms with Gasteiger partial charge in [-0.1, -0.05) is 19.3 Å². The molecule has 0 radical (unpaired) electrons. The van der Waals surface area contributed by atoms with E-state index in [4.69, 9.17) is 20.6 Å². The predicted octanol–water partition coefficient (Wildman–Crippen LogP) is 0.946. The Bertz CT molecular complexity index is 259. The van der Waals surface area contributed by atoms with Gasteiger partial charge < -0.3 is 15.3 Å². The molecule has 0 heterocycles. The normalized spacial score (nSPS) is 17.8. The van der Waals surface area contributed by atoms with Gasteiger partial charge in [0.25, 0.3) is 6.26 Å². The molecule has 1 rings (SSSR count). The third-order valence-corrected chi connectivity index (χ3v) is 2.53. The van der Waals surface area contributed by atoms with E-state index < -0.39 is 17.4 Å². The smallest absolute Gasteiger partial charge is 0.321 e. The molecule has 0 saturated heterocycles. The van der Waals surface area contributed by atoms with Crippen molar-refractivity contribution in [2.45, 2.75) is 32.1 Å². The van der Waals surface area contributed by atoms with Crippen molar-refractivity contribution in [3.05, 3.63) is 0 Å². The molecule has 6 heteroatoms. The van der Waals surface area contributed by atoms with Crippen LogP contribution in [0.1, 0.15) is 32.1 Å². The number of aliphatic hydroxyl groups is 1. The van der Waals surface area contributed by atoms with Crippen molar-refractivity contribution in [3.8, 4) is 6.26 Å². The van der Waals surface area contributed by atoms with Gasteiger partial charge in [0.1, 0.15) is 0 Å². The number of rotatable bonds is 2. The van der Waals surface area contributed by atoms with Gasteiger partial charge >= 0.3 is 11.9 Å². The zero-order valence-electron chi connectivity index (χ0n) is 8.14. The third kappa shape index (κ3) is 3.13. The SMILES string of the molecule is N#CO.O=C(O)C1(C(=O)O)CCCCC1. The first-order valence-corrected chi connectivity index (χ1v) is 4.51. The lowest BCUT2D eigenvalue weighted by Crippen LogP contribution is -2.40. The zero-order chi connectivity index (χ0) is 11.9. The van der Waals surface area contributed by atoms with E-state index in [-0.39, 0.29) is 12.8 Å². The minimum absolute atomic E-state index is 0.275. The second-order valence-corrected chi connectivity index (χ2v) is 3.35. The number of carboxylic acids is 2. The summed E-state index contributed by atoms with van der Waals surface area (Å²) in [6.07, 6.45) is 3.66. The Balaban J connectivity index is 0.000000583. The van der Waals surface area contributed by atoms with E-state index in [0.717, 1.165) is 12.7 Å². The van der Waals surface area contributed by atoms with Crippen LogP contribution in [0, 0.1) is 16.9 Å². The minimum Gasteiger partial charge on any atom is -0.480 e. The van der Waals surface area contributed by atoms with Crippen LogP contribution >= 0.6 is 0 Å². The standard InChI is InChI=1S/C8H12O4.CHNO/c9-6(10)8(7(11)12)4-2-1-3-5-8;2-1-3/h1-5H2,(H,9,10)(H,11,12);3H. The van der Waals surface area contributed by atoms with E-state index in [1.165, 1.54) is 0 Å². The second kappa shape index (κ2) is 5.86. The van der Waals surface area contributed by atoms with Crippen LogP contribution in [-0.2, 0) is 9.59 Å². The zero-order valence-corrected chi connectivity index (χ0v) is 8.14. The van der Waals surface area contributed by atoms with Crippen molar-refractivity contribution < 1.29 is 24.9 Å². The van der Waals surface area contributed by atoms with Gasteiger partial charge in [0.05, 0.1) is 0 Å². The molecule has 0 aromatic heterocycles. The fourth-order valence-electron chi connectivity index (χ4n) is 1.67. The highest BCUT2D eigenvalue weighted by Gasteiger charge is 2.46. The maximum Gasteiger partial charge on any atom is 0.321 e. The van der Waals surface area contributed by atoms with Crippen LogP contribution in [0.4, 0.5) is 0 Å². The van der Waals surface area contributed by atoms with Gasteiger partial charge in [-0.15, -0.1) is 0 Å². The fraction of sp³-hybridized carbons (Fsp3) is 0.667. The summed E-state index contributed by atoms with van der Waals surface area (Å²) in [7, 11) is 0. The molecule has 0 bridgehead atoms. The molecule has 0 aromatic rings. The molecule has 1 aliphatic rings. The Kier molecular flexibility index (Phi) is 5.16. The first kappa shape index (κ1) is 13.2. The van der Waals surface area contributed by atoms with E-state index in [1.807, 2.05) is 0 Å². The van der Waals surface area contributed by atoms with E-state index in [1.54, 1.807) is 0 Å². The van der Waals surface area contributed by atoms with Crippen LogP contribution in [0.15, 0.2) is 0 Å². The molecule has 3 N–H and O–H groups in total. The van der Waals surface area contributed by atoms with Crippen molar-refractivity contribution >= 4 is 11.9 Å². The highest BCUT2D eigenvalue weighted by Crippen LogP contribution is 2.36. The lowest BCUT2D eigenvalue weighted by Gasteiger charge is -2.28. The summed E-state index contributed by atoms with van der Waals surface area (Å²) in [4.78, 5) is 21.5. The molecule has 0 unspecified atom stereocenters. The number of aliphatic carboxylic acids is 2. The summed E-state index contributed by atoms with van der Waals surface area (Å²) in [6, 6.07) is 0. The number of nitrogens with zero attached hydrogens (tertiary/aromatic N) is 1. The molecule has 0 aliphatic heterocycles. The first-order valence-electron chi connectivity index (χ1n) is 4.51. The van der Waals surface area contributed by atoms with Crippen LogP contribution in [0.5, 0.6) is 0 Å².